The van der Waals surface area contributed by atoms with Crippen LogP contribution < -0.4 is 10.6 Å². The van der Waals surface area contributed by atoms with Gasteiger partial charge in [-0.25, -0.2) is 9.37 Å². The van der Waals surface area contributed by atoms with Crippen LogP contribution in [0.4, 0.5) is 15.9 Å². The molecule has 2 N–H and O–H groups in total. The topological polar surface area (TPSA) is 54.0 Å². The van der Waals surface area contributed by atoms with Gasteiger partial charge in [-0.2, -0.15) is 0 Å². The summed E-state index contributed by atoms with van der Waals surface area (Å²) in [7, 11) is 0. The molecule has 1 heterocycles. The van der Waals surface area contributed by atoms with E-state index >= 15 is 0 Å². The number of aromatic nitrogens is 1. The number of hydrogen-bond donors (Lipinski definition) is 2. The van der Waals surface area contributed by atoms with Gasteiger partial charge in [0.1, 0.15) is 17.3 Å². The first-order chi connectivity index (χ1) is 9.69. The second kappa shape index (κ2) is 6.65. The summed E-state index contributed by atoms with van der Waals surface area (Å²) >= 11 is 0. The standard InChI is InChI=1S/C15H16FN3O/c1-2-10-17-14-5-3-4-13(19-14)15(20)18-12-8-6-11(16)7-9-12/h3-9H,2,10H2,1H3,(H,17,19)(H,18,20). The smallest absolute Gasteiger partial charge is 0.274 e. The first kappa shape index (κ1) is 14.0. The Hall–Kier alpha value is -2.43. The Balaban J connectivity index is 2.06. The molecule has 0 aliphatic rings. The van der Waals surface area contributed by atoms with Crippen molar-refractivity contribution in [3.63, 3.8) is 0 Å². The second-order valence-electron chi connectivity index (χ2n) is 4.30. The number of carbonyl (C=O) groups excluding carboxylic acids is 1. The van der Waals surface area contributed by atoms with Crippen LogP contribution in [-0.2, 0) is 0 Å². The predicted octanol–water partition coefficient (Wildman–Crippen LogP) is 3.29. The highest BCUT2D eigenvalue weighted by Gasteiger charge is 2.08. The normalized spacial score (nSPS) is 10.1. The zero-order valence-electron chi connectivity index (χ0n) is 11.2. The van der Waals surface area contributed by atoms with Gasteiger partial charge in [0.2, 0.25) is 0 Å². The van der Waals surface area contributed by atoms with Crippen LogP contribution in [-0.4, -0.2) is 17.4 Å². The third-order valence-electron chi connectivity index (χ3n) is 2.64. The summed E-state index contributed by atoms with van der Waals surface area (Å²) in [6.07, 6.45) is 0.980. The van der Waals surface area contributed by atoms with Crippen molar-refractivity contribution in [2.24, 2.45) is 0 Å². The van der Waals surface area contributed by atoms with E-state index in [1.54, 1.807) is 12.1 Å². The molecule has 1 aromatic heterocycles. The molecule has 0 radical (unpaired) electrons. The molecule has 2 aromatic rings. The van der Waals surface area contributed by atoms with Crippen LogP contribution in [0.3, 0.4) is 0 Å². The minimum atomic E-state index is -0.341. The van der Waals surface area contributed by atoms with E-state index in [4.69, 9.17) is 0 Å². The van der Waals surface area contributed by atoms with Crippen LogP contribution in [0, 0.1) is 5.82 Å². The van der Waals surface area contributed by atoms with Gasteiger partial charge in [-0.15, -0.1) is 0 Å². The molecule has 2 rings (SSSR count). The van der Waals surface area contributed by atoms with Gasteiger partial charge in [-0.05, 0) is 42.8 Å². The fraction of sp³-hybridized carbons (Fsp3) is 0.200. The van der Waals surface area contributed by atoms with Crippen molar-refractivity contribution in [1.29, 1.82) is 0 Å². The van der Waals surface area contributed by atoms with Gasteiger partial charge in [0.15, 0.2) is 0 Å². The van der Waals surface area contributed by atoms with Crippen LogP contribution in [0.2, 0.25) is 0 Å². The molecule has 0 fully saturated rings. The summed E-state index contributed by atoms with van der Waals surface area (Å²) in [5, 5.41) is 5.79. The summed E-state index contributed by atoms with van der Waals surface area (Å²) in [5.74, 6) is 0.00208. The first-order valence-electron chi connectivity index (χ1n) is 6.47. The van der Waals surface area contributed by atoms with E-state index in [9.17, 15) is 9.18 Å². The van der Waals surface area contributed by atoms with Crippen molar-refractivity contribution >= 4 is 17.4 Å². The Labute approximate surface area is 117 Å². The number of pyridine rings is 1. The monoisotopic (exact) mass is 273 g/mol. The van der Waals surface area contributed by atoms with Gasteiger partial charge >= 0.3 is 0 Å². The molecule has 5 heteroatoms. The summed E-state index contributed by atoms with van der Waals surface area (Å²) < 4.78 is 12.8. The number of benzene rings is 1. The van der Waals surface area contributed by atoms with Gasteiger partial charge in [-0.3, -0.25) is 4.79 Å². The minimum absolute atomic E-state index is 0.315. The number of carbonyl (C=O) groups is 1. The fourth-order valence-corrected chi connectivity index (χ4v) is 1.64. The number of hydrogen-bond acceptors (Lipinski definition) is 3. The lowest BCUT2D eigenvalue weighted by molar-refractivity contribution is 0.102. The van der Waals surface area contributed by atoms with E-state index in [-0.39, 0.29) is 11.7 Å². The maximum atomic E-state index is 12.8. The Morgan fingerprint density at radius 2 is 1.95 bits per heavy atom. The van der Waals surface area contributed by atoms with Crippen molar-refractivity contribution in [3.05, 3.63) is 54.0 Å². The SMILES string of the molecule is CCCNc1cccc(C(=O)Nc2ccc(F)cc2)n1. The van der Waals surface area contributed by atoms with Crippen molar-refractivity contribution in [3.8, 4) is 0 Å². The Kier molecular flexibility index (Phi) is 4.65. The number of nitrogens with one attached hydrogen (secondary N) is 2. The summed E-state index contributed by atoms with van der Waals surface area (Å²) in [4.78, 5) is 16.3. The molecule has 0 saturated heterocycles. The van der Waals surface area contributed by atoms with Crippen molar-refractivity contribution < 1.29 is 9.18 Å². The largest absolute Gasteiger partial charge is 0.370 e. The molecule has 1 amide bonds. The van der Waals surface area contributed by atoms with Crippen LogP contribution in [0.1, 0.15) is 23.8 Å². The minimum Gasteiger partial charge on any atom is -0.370 e. The number of amides is 1. The highest BCUT2D eigenvalue weighted by atomic mass is 19.1. The van der Waals surface area contributed by atoms with E-state index in [2.05, 4.69) is 22.5 Å². The quantitative estimate of drug-likeness (QED) is 0.879. The second-order valence-corrected chi connectivity index (χ2v) is 4.30. The van der Waals surface area contributed by atoms with E-state index in [0.29, 0.717) is 17.2 Å². The zero-order valence-corrected chi connectivity index (χ0v) is 11.2. The molecule has 1 aromatic carbocycles. The number of rotatable bonds is 5. The molecule has 0 aliphatic carbocycles. The van der Waals surface area contributed by atoms with Crippen molar-refractivity contribution in [1.82, 2.24) is 4.98 Å². The molecular weight excluding hydrogens is 257 g/mol. The van der Waals surface area contributed by atoms with Crippen molar-refractivity contribution in [2.45, 2.75) is 13.3 Å². The number of halogens is 1. The van der Waals surface area contributed by atoms with E-state index in [0.717, 1.165) is 13.0 Å². The lowest BCUT2D eigenvalue weighted by atomic mass is 10.3. The number of anilines is 2. The Morgan fingerprint density at radius 1 is 1.20 bits per heavy atom. The molecule has 0 aliphatic heterocycles. The van der Waals surface area contributed by atoms with Crippen molar-refractivity contribution in [2.75, 3.05) is 17.2 Å². The van der Waals surface area contributed by atoms with Crippen LogP contribution in [0.5, 0.6) is 0 Å². The molecule has 4 nitrogen and oxygen atoms in total. The fourth-order valence-electron chi connectivity index (χ4n) is 1.64. The van der Waals surface area contributed by atoms with E-state index < -0.39 is 0 Å². The molecule has 20 heavy (non-hydrogen) atoms. The average Bonchev–Trinajstić information content (AvgIpc) is 2.48. The summed E-state index contributed by atoms with van der Waals surface area (Å²) in [6.45, 7) is 2.86. The maximum Gasteiger partial charge on any atom is 0.274 e. The highest BCUT2D eigenvalue weighted by molar-refractivity contribution is 6.03. The molecule has 0 atom stereocenters. The predicted molar refractivity (Wildman–Crippen MR) is 77.4 cm³/mol. The maximum absolute atomic E-state index is 12.8. The van der Waals surface area contributed by atoms with Gasteiger partial charge < -0.3 is 10.6 Å². The third-order valence-corrected chi connectivity index (χ3v) is 2.64. The van der Waals surface area contributed by atoms with Crippen LogP contribution in [0.25, 0.3) is 0 Å². The first-order valence-corrected chi connectivity index (χ1v) is 6.47. The molecule has 0 unspecified atom stereocenters. The van der Waals surface area contributed by atoms with E-state index in [1.807, 2.05) is 6.07 Å². The Bertz CT molecular complexity index is 584. The molecule has 104 valence electrons. The Morgan fingerprint density at radius 3 is 2.65 bits per heavy atom. The van der Waals surface area contributed by atoms with Gasteiger partial charge in [0.05, 0.1) is 0 Å². The highest BCUT2D eigenvalue weighted by Crippen LogP contribution is 2.11. The molecular formula is C15H16FN3O. The number of nitrogens with zero attached hydrogens (tertiary/aromatic N) is 1. The molecule has 0 bridgehead atoms. The van der Waals surface area contributed by atoms with Crippen LogP contribution in [0.15, 0.2) is 42.5 Å². The lowest BCUT2D eigenvalue weighted by Gasteiger charge is -2.07. The lowest BCUT2D eigenvalue weighted by Crippen LogP contribution is -2.14. The third kappa shape index (κ3) is 3.78. The molecule has 0 saturated carbocycles. The van der Waals surface area contributed by atoms with Gasteiger partial charge in [0.25, 0.3) is 5.91 Å². The summed E-state index contributed by atoms with van der Waals surface area (Å²) in [6, 6.07) is 10.8. The van der Waals surface area contributed by atoms with Gasteiger partial charge in [-0.1, -0.05) is 13.0 Å². The van der Waals surface area contributed by atoms with Gasteiger partial charge in [0, 0.05) is 12.2 Å². The van der Waals surface area contributed by atoms with E-state index in [1.165, 1.54) is 24.3 Å². The zero-order chi connectivity index (χ0) is 14.4. The summed E-state index contributed by atoms with van der Waals surface area (Å²) in [5.41, 5.74) is 0.848. The average molecular weight is 273 g/mol. The molecule has 0 spiro atoms. The van der Waals surface area contributed by atoms with Crippen LogP contribution >= 0.6 is 0 Å².